The number of aliphatic carboxylic acids is 1. The van der Waals surface area contributed by atoms with E-state index in [9.17, 15) is 14.7 Å². The molecule has 1 aliphatic carbocycles. The summed E-state index contributed by atoms with van der Waals surface area (Å²) in [5, 5.41) is 10.3. The minimum Gasteiger partial charge on any atom is -0.478 e. The van der Waals surface area contributed by atoms with E-state index in [1.165, 1.54) is 0 Å². The van der Waals surface area contributed by atoms with Gasteiger partial charge in [-0.2, -0.15) is 0 Å². The predicted molar refractivity (Wildman–Crippen MR) is 123 cm³/mol. The molecule has 1 aromatic carbocycles. The first-order chi connectivity index (χ1) is 15.0. The van der Waals surface area contributed by atoms with Gasteiger partial charge in [-0.1, -0.05) is 32.1 Å². The number of fused-ring (bicyclic) bond motifs is 1. The third kappa shape index (κ3) is 5.33. The number of hydrogen-bond acceptors (Lipinski definition) is 3. The van der Waals surface area contributed by atoms with Crippen molar-refractivity contribution in [3.63, 3.8) is 0 Å². The Kier molecular flexibility index (Phi) is 7.47. The van der Waals surface area contributed by atoms with Gasteiger partial charge in [-0.3, -0.25) is 4.79 Å². The smallest absolute Gasteiger partial charge is 0.335 e. The number of aromatic nitrogens is 1. The van der Waals surface area contributed by atoms with Crippen LogP contribution in [0.25, 0.3) is 17.1 Å². The largest absolute Gasteiger partial charge is 0.478 e. The molecule has 0 saturated carbocycles. The summed E-state index contributed by atoms with van der Waals surface area (Å²) in [5.74, 6) is -0.821. The second-order valence-electron chi connectivity index (χ2n) is 7.72. The van der Waals surface area contributed by atoms with Gasteiger partial charge in [0.25, 0.3) is 0 Å². The van der Waals surface area contributed by atoms with Gasteiger partial charge in [-0.15, -0.1) is 0 Å². The number of rotatable bonds is 9. The molecular weight excluding hydrogens is 392 g/mol. The summed E-state index contributed by atoms with van der Waals surface area (Å²) in [4.78, 5) is 25.9. The van der Waals surface area contributed by atoms with Gasteiger partial charge in [0.1, 0.15) is 6.10 Å². The van der Waals surface area contributed by atoms with E-state index < -0.39 is 12.1 Å². The Morgan fingerprint density at radius 2 is 1.90 bits per heavy atom. The summed E-state index contributed by atoms with van der Waals surface area (Å²) in [6.45, 7) is 5.75. The van der Waals surface area contributed by atoms with Crippen molar-refractivity contribution in [1.29, 1.82) is 0 Å². The third-order valence-electron chi connectivity index (χ3n) is 5.39. The molecule has 0 radical (unpaired) electrons. The Labute approximate surface area is 183 Å². The fourth-order valence-corrected chi connectivity index (χ4v) is 3.82. The van der Waals surface area contributed by atoms with E-state index in [-0.39, 0.29) is 11.5 Å². The number of carbonyl (C=O) groups is 2. The molecule has 1 aliphatic rings. The lowest BCUT2D eigenvalue weighted by Crippen LogP contribution is -2.33. The molecule has 3 rings (SSSR count). The lowest BCUT2D eigenvalue weighted by Gasteiger charge is -2.21. The SMILES string of the molecule is CCCN(CCC)C(=O)Cc1ccc2ccn(C=C3C=CC(C(=O)O)=CC3OC)c2c1. The van der Waals surface area contributed by atoms with Crippen LogP contribution in [0.1, 0.15) is 32.3 Å². The maximum absolute atomic E-state index is 12.8. The Morgan fingerprint density at radius 1 is 1.16 bits per heavy atom. The van der Waals surface area contributed by atoms with Gasteiger partial charge >= 0.3 is 5.97 Å². The van der Waals surface area contributed by atoms with Crippen molar-refractivity contribution < 1.29 is 19.4 Å². The highest BCUT2D eigenvalue weighted by atomic mass is 16.5. The standard InChI is InChI=1S/C25H30N2O4/c1-4-11-26(12-5-2)24(28)15-18-6-7-19-10-13-27(22(19)14-18)17-21-9-8-20(25(29)30)16-23(21)31-3/h6-10,13-14,16-17,23H,4-5,11-12,15H2,1-3H3,(H,29,30). The zero-order chi connectivity index (χ0) is 22.4. The topological polar surface area (TPSA) is 71.8 Å². The molecule has 1 amide bonds. The van der Waals surface area contributed by atoms with Crippen LogP contribution in [-0.4, -0.2) is 52.8 Å². The van der Waals surface area contributed by atoms with Crippen molar-refractivity contribution >= 4 is 29.0 Å². The van der Waals surface area contributed by atoms with Crippen LogP contribution in [0, 0.1) is 0 Å². The first kappa shape index (κ1) is 22.6. The van der Waals surface area contributed by atoms with E-state index in [0.717, 1.165) is 48.0 Å². The molecule has 1 heterocycles. The fraction of sp³-hybridized carbons (Fsp3) is 0.360. The number of hydrogen-bond donors (Lipinski definition) is 1. The molecule has 1 aromatic heterocycles. The molecule has 0 spiro atoms. The Hall–Kier alpha value is -3.12. The summed E-state index contributed by atoms with van der Waals surface area (Å²) in [7, 11) is 1.56. The number of benzene rings is 1. The van der Waals surface area contributed by atoms with Gasteiger partial charge in [-0.05, 0) is 48.1 Å². The summed E-state index contributed by atoms with van der Waals surface area (Å²) < 4.78 is 7.46. The van der Waals surface area contributed by atoms with Crippen molar-refractivity contribution in [2.24, 2.45) is 0 Å². The van der Waals surface area contributed by atoms with Crippen molar-refractivity contribution in [3.8, 4) is 0 Å². The van der Waals surface area contributed by atoms with E-state index in [0.29, 0.717) is 6.42 Å². The average molecular weight is 423 g/mol. The zero-order valence-electron chi connectivity index (χ0n) is 18.4. The number of carbonyl (C=O) groups excluding carboxylic acids is 1. The molecule has 164 valence electrons. The van der Waals surface area contributed by atoms with Crippen LogP contribution in [0.4, 0.5) is 0 Å². The summed E-state index contributed by atoms with van der Waals surface area (Å²) >= 11 is 0. The molecule has 6 heteroatoms. The van der Waals surface area contributed by atoms with Gasteiger partial charge in [-0.25, -0.2) is 4.79 Å². The van der Waals surface area contributed by atoms with Crippen molar-refractivity contribution in [1.82, 2.24) is 9.47 Å². The summed E-state index contributed by atoms with van der Waals surface area (Å²) in [6.07, 6.45) is 10.7. The Bertz CT molecular complexity index is 1040. The number of carboxylic acids is 1. The van der Waals surface area contributed by atoms with E-state index in [2.05, 4.69) is 13.8 Å². The van der Waals surface area contributed by atoms with Gasteiger partial charge in [0.05, 0.1) is 17.5 Å². The Morgan fingerprint density at radius 3 is 2.55 bits per heavy atom. The van der Waals surface area contributed by atoms with E-state index in [1.807, 2.05) is 46.1 Å². The maximum atomic E-state index is 12.8. The normalized spacial score (nSPS) is 17.2. The summed E-state index contributed by atoms with van der Waals surface area (Å²) in [6, 6.07) is 8.11. The molecular formula is C25H30N2O4. The molecule has 0 bridgehead atoms. The fourth-order valence-electron chi connectivity index (χ4n) is 3.82. The van der Waals surface area contributed by atoms with Gasteiger partial charge < -0.3 is 19.3 Å². The van der Waals surface area contributed by atoms with Gasteiger partial charge in [0.15, 0.2) is 0 Å². The lowest BCUT2D eigenvalue weighted by atomic mass is 10.00. The van der Waals surface area contributed by atoms with Gasteiger partial charge in [0, 0.05) is 38.2 Å². The molecule has 0 aliphatic heterocycles. The van der Waals surface area contributed by atoms with Gasteiger partial charge in [0.2, 0.25) is 5.91 Å². The summed E-state index contributed by atoms with van der Waals surface area (Å²) in [5.41, 5.74) is 3.03. The molecule has 2 aromatic rings. The number of carboxylic acid groups (broad SMARTS) is 1. The first-order valence-corrected chi connectivity index (χ1v) is 10.7. The molecule has 0 fully saturated rings. The van der Waals surface area contributed by atoms with Crippen LogP contribution in [0.5, 0.6) is 0 Å². The highest BCUT2D eigenvalue weighted by Gasteiger charge is 2.18. The molecule has 1 atom stereocenters. The third-order valence-corrected chi connectivity index (χ3v) is 5.39. The molecule has 0 saturated heterocycles. The van der Waals surface area contributed by atoms with E-state index in [4.69, 9.17) is 4.74 Å². The van der Waals surface area contributed by atoms with Crippen LogP contribution >= 0.6 is 0 Å². The van der Waals surface area contributed by atoms with Crippen molar-refractivity contribution in [2.45, 2.75) is 39.2 Å². The van der Waals surface area contributed by atoms with Crippen LogP contribution < -0.4 is 0 Å². The predicted octanol–water partition coefficient (Wildman–Crippen LogP) is 4.27. The van der Waals surface area contributed by atoms with E-state index >= 15 is 0 Å². The van der Waals surface area contributed by atoms with Crippen LogP contribution in [-0.2, 0) is 20.7 Å². The number of ether oxygens (including phenoxy) is 1. The van der Waals surface area contributed by atoms with Crippen LogP contribution in [0.2, 0.25) is 0 Å². The second-order valence-corrected chi connectivity index (χ2v) is 7.72. The van der Waals surface area contributed by atoms with Crippen molar-refractivity contribution in [2.75, 3.05) is 20.2 Å². The zero-order valence-corrected chi connectivity index (χ0v) is 18.4. The monoisotopic (exact) mass is 422 g/mol. The molecule has 31 heavy (non-hydrogen) atoms. The number of nitrogens with zero attached hydrogens (tertiary/aromatic N) is 2. The average Bonchev–Trinajstić information content (AvgIpc) is 3.15. The number of amides is 1. The Balaban J connectivity index is 1.87. The molecule has 1 unspecified atom stereocenters. The molecule has 6 nitrogen and oxygen atoms in total. The molecule has 1 N–H and O–H groups in total. The van der Waals surface area contributed by atoms with E-state index in [1.54, 1.807) is 25.3 Å². The van der Waals surface area contributed by atoms with Crippen LogP contribution in [0.3, 0.4) is 0 Å². The highest BCUT2D eigenvalue weighted by molar-refractivity contribution is 5.91. The van der Waals surface area contributed by atoms with Crippen LogP contribution in [0.15, 0.2) is 59.8 Å². The number of methoxy groups -OCH3 is 1. The van der Waals surface area contributed by atoms with Crippen molar-refractivity contribution in [3.05, 3.63) is 65.4 Å². The minimum absolute atomic E-state index is 0.153. The first-order valence-electron chi connectivity index (χ1n) is 10.7. The minimum atomic E-state index is -0.974. The second kappa shape index (κ2) is 10.3. The maximum Gasteiger partial charge on any atom is 0.335 e. The highest BCUT2D eigenvalue weighted by Crippen LogP contribution is 2.24. The lowest BCUT2D eigenvalue weighted by molar-refractivity contribution is -0.132. The quantitative estimate of drug-likeness (QED) is 0.655.